The first kappa shape index (κ1) is 15.3. The molecule has 0 spiro atoms. The second kappa shape index (κ2) is 6.33. The van der Waals surface area contributed by atoms with E-state index in [4.69, 9.17) is 0 Å². The van der Waals surface area contributed by atoms with Crippen molar-refractivity contribution in [3.8, 4) is 10.6 Å². The van der Waals surface area contributed by atoms with Crippen LogP contribution in [0.5, 0.6) is 0 Å². The lowest BCUT2D eigenvalue weighted by atomic mass is 10.2. The van der Waals surface area contributed by atoms with Gasteiger partial charge in [0.2, 0.25) is 5.13 Å². The van der Waals surface area contributed by atoms with Crippen molar-refractivity contribution in [3.05, 3.63) is 65.7 Å². The third kappa shape index (κ3) is 2.94. The Balaban J connectivity index is 1.63. The smallest absolute Gasteiger partial charge is 0.261 e. The van der Waals surface area contributed by atoms with E-state index in [0.717, 1.165) is 16.6 Å². The first-order valence-electron chi connectivity index (χ1n) is 7.59. The molecule has 0 saturated carbocycles. The molecule has 4 rings (SSSR count). The van der Waals surface area contributed by atoms with Crippen LogP contribution in [-0.4, -0.2) is 25.0 Å². The molecule has 0 amide bonds. The summed E-state index contributed by atoms with van der Waals surface area (Å²) in [6.07, 6.45) is 5.18. The number of pyridine rings is 1. The van der Waals surface area contributed by atoms with Crippen LogP contribution in [0.3, 0.4) is 0 Å². The van der Waals surface area contributed by atoms with Gasteiger partial charge in [-0.2, -0.15) is 5.10 Å². The molecule has 0 aliphatic heterocycles. The van der Waals surface area contributed by atoms with E-state index >= 15 is 0 Å². The molecule has 0 bridgehead atoms. The molecule has 0 atom stereocenters. The number of fused-ring (bicyclic) bond motifs is 1. The SMILES string of the molecule is C=CCn1cccc(-c2nnc(Nc3ccc4[nH]ncc4c3)s2)c1=O. The molecule has 0 radical (unpaired) electrons. The first-order chi connectivity index (χ1) is 12.2. The van der Waals surface area contributed by atoms with Crippen LogP contribution in [0.1, 0.15) is 0 Å². The maximum Gasteiger partial charge on any atom is 0.261 e. The van der Waals surface area contributed by atoms with Gasteiger partial charge >= 0.3 is 0 Å². The quantitative estimate of drug-likeness (QED) is 0.540. The fourth-order valence-corrected chi connectivity index (χ4v) is 3.29. The minimum Gasteiger partial charge on any atom is -0.330 e. The molecular formula is C17H14N6OS. The summed E-state index contributed by atoms with van der Waals surface area (Å²) in [6.45, 7) is 4.13. The van der Waals surface area contributed by atoms with Gasteiger partial charge in [0.25, 0.3) is 5.56 Å². The van der Waals surface area contributed by atoms with Crippen molar-refractivity contribution in [3.63, 3.8) is 0 Å². The van der Waals surface area contributed by atoms with Crippen LogP contribution in [0.25, 0.3) is 21.5 Å². The molecule has 2 N–H and O–H groups in total. The molecule has 0 aliphatic carbocycles. The Labute approximate surface area is 146 Å². The van der Waals surface area contributed by atoms with Crippen molar-refractivity contribution >= 4 is 33.1 Å². The number of anilines is 2. The third-order valence-corrected chi connectivity index (χ3v) is 4.56. The summed E-state index contributed by atoms with van der Waals surface area (Å²) in [6, 6.07) is 9.42. The Kier molecular flexibility index (Phi) is 3.87. The number of rotatable bonds is 5. The largest absolute Gasteiger partial charge is 0.330 e. The van der Waals surface area contributed by atoms with Gasteiger partial charge in [0.05, 0.1) is 17.3 Å². The van der Waals surface area contributed by atoms with E-state index in [2.05, 4.69) is 32.3 Å². The van der Waals surface area contributed by atoms with Crippen LogP contribution in [0.4, 0.5) is 10.8 Å². The Morgan fingerprint density at radius 2 is 2.24 bits per heavy atom. The molecule has 7 nitrogen and oxygen atoms in total. The number of hydrogen-bond acceptors (Lipinski definition) is 6. The van der Waals surface area contributed by atoms with Crippen LogP contribution >= 0.6 is 11.3 Å². The predicted molar refractivity (Wildman–Crippen MR) is 99.2 cm³/mol. The number of nitrogens with zero attached hydrogens (tertiary/aromatic N) is 4. The van der Waals surface area contributed by atoms with E-state index < -0.39 is 0 Å². The zero-order valence-corrected chi connectivity index (χ0v) is 14.0. The Morgan fingerprint density at radius 1 is 1.32 bits per heavy atom. The summed E-state index contributed by atoms with van der Waals surface area (Å²) in [7, 11) is 0. The van der Waals surface area contributed by atoms with E-state index in [9.17, 15) is 4.79 Å². The highest BCUT2D eigenvalue weighted by atomic mass is 32.1. The van der Waals surface area contributed by atoms with Gasteiger partial charge in [-0.15, -0.1) is 16.8 Å². The normalized spacial score (nSPS) is 10.9. The number of aromatic nitrogens is 5. The number of allylic oxidation sites excluding steroid dienone is 1. The molecule has 25 heavy (non-hydrogen) atoms. The van der Waals surface area contributed by atoms with Crippen LogP contribution in [0.2, 0.25) is 0 Å². The van der Waals surface area contributed by atoms with Gasteiger partial charge in [-0.05, 0) is 30.3 Å². The highest BCUT2D eigenvalue weighted by Gasteiger charge is 2.12. The van der Waals surface area contributed by atoms with Gasteiger partial charge in [-0.1, -0.05) is 17.4 Å². The summed E-state index contributed by atoms with van der Waals surface area (Å²) in [5.41, 5.74) is 2.27. The first-order valence-corrected chi connectivity index (χ1v) is 8.40. The van der Waals surface area contributed by atoms with Crippen molar-refractivity contribution < 1.29 is 0 Å². The average Bonchev–Trinajstić information content (AvgIpc) is 3.26. The van der Waals surface area contributed by atoms with E-state index in [0.29, 0.717) is 22.2 Å². The number of H-pyrrole nitrogens is 1. The number of benzene rings is 1. The maximum absolute atomic E-state index is 12.5. The lowest BCUT2D eigenvalue weighted by Crippen LogP contribution is -2.19. The van der Waals surface area contributed by atoms with Crippen LogP contribution < -0.4 is 10.9 Å². The molecule has 8 heteroatoms. The van der Waals surface area contributed by atoms with E-state index in [1.165, 1.54) is 11.3 Å². The summed E-state index contributed by atoms with van der Waals surface area (Å²) in [4.78, 5) is 12.5. The van der Waals surface area contributed by atoms with Crippen LogP contribution in [-0.2, 0) is 6.54 Å². The van der Waals surface area contributed by atoms with Crippen molar-refractivity contribution in [2.75, 3.05) is 5.32 Å². The third-order valence-electron chi connectivity index (χ3n) is 3.69. The van der Waals surface area contributed by atoms with Crippen molar-refractivity contribution in [2.45, 2.75) is 6.54 Å². The van der Waals surface area contributed by atoms with Gasteiger partial charge in [-0.25, -0.2) is 0 Å². The number of hydrogen-bond donors (Lipinski definition) is 2. The molecule has 3 aromatic heterocycles. The molecule has 124 valence electrons. The molecule has 0 fully saturated rings. The van der Waals surface area contributed by atoms with E-state index in [1.807, 2.05) is 24.3 Å². The molecule has 3 heterocycles. The molecular weight excluding hydrogens is 336 g/mol. The van der Waals surface area contributed by atoms with Gasteiger partial charge in [0, 0.05) is 23.8 Å². The average molecular weight is 350 g/mol. The van der Waals surface area contributed by atoms with Crippen molar-refractivity contribution in [2.24, 2.45) is 0 Å². The van der Waals surface area contributed by atoms with Crippen LogP contribution in [0, 0.1) is 0 Å². The zero-order valence-electron chi connectivity index (χ0n) is 13.1. The lowest BCUT2D eigenvalue weighted by molar-refractivity contribution is 0.782. The van der Waals surface area contributed by atoms with E-state index in [-0.39, 0.29) is 5.56 Å². The minimum absolute atomic E-state index is 0.107. The van der Waals surface area contributed by atoms with Crippen molar-refractivity contribution in [1.29, 1.82) is 0 Å². The Hall–Kier alpha value is -3.26. The topological polar surface area (TPSA) is 88.5 Å². The Bertz CT molecular complexity index is 1110. The fourth-order valence-electron chi connectivity index (χ4n) is 2.51. The lowest BCUT2D eigenvalue weighted by Gasteiger charge is -2.03. The van der Waals surface area contributed by atoms with Gasteiger partial charge in [-0.3, -0.25) is 9.89 Å². The summed E-state index contributed by atoms with van der Waals surface area (Å²) in [5, 5.41) is 20.6. The molecule has 1 aromatic carbocycles. The van der Waals surface area contributed by atoms with Crippen LogP contribution in [0.15, 0.2) is 60.2 Å². The zero-order chi connectivity index (χ0) is 17.2. The number of nitrogens with one attached hydrogen (secondary N) is 2. The highest BCUT2D eigenvalue weighted by Crippen LogP contribution is 2.27. The predicted octanol–water partition coefficient (Wildman–Crippen LogP) is 3.17. The second-order valence-corrected chi connectivity index (χ2v) is 6.35. The molecule has 4 aromatic rings. The molecule has 0 aliphatic rings. The minimum atomic E-state index is -0.107. The highest BCUT2D eigenvalue weighted by molar-refractivity contribution is 7.18. The monoisotopic (exact) mass is 350 g/mol. The standard InChI is InChI=1S/C17H14N6OS/c1-2-7-23-8-3-4-13(16(23)24)15-21-22-17(25-15)19-12-5-6-14-11(9-12)10-18-20-14/h2-6,8-10H,1,7H2,(H,18,20)(H,19,22). The summed E-state index contributed by atoms with van der Waals surface area (Å²) < 4.78 is 1.59. The molecule has 0 unspecified atom stereocenters. The van der Waals surface area contributed by atoms with Gasteiger partial charge < -0.3 is 9.88 Å². The van der Waals surface area contributed by atoms with Crippen molar-refractivity contribution in [1.82, 2.24) is 25.0 Å². The van der Waals surface area contributed by atoms with Gasteiger partial charge in [0.1, 0.15) is 0 Å². The van der Waals surface area contributed by atoms with Gasteiger partial charge in [0.15, 0.2) is 5.01 Å². The number of aromatic amines is 1. The van der Waals surface area contributed by atoms with E-state index in [1.54, 1.807) is 29.1 Å². The molecule has 0 saturated heterocycles. The Morgan fingerprint density at radius 3 is 3.12 bits per heavy atom. The second-order valence-electron chi connectivity index (χ2n) is 5.38. The summed E-state index contributed by atoms with van der Waals surface area (Å²) >= 11 is 1.33. The maximum atomic E-state index is 12.5. The fraction of sp³-hybridized carbons (Fsp3) is 0.0588. The summed E-state index contributed by atoms with van der Waals surface area (Å²) in [5.74, 6) is 0.